The molecule has 0 fully saturated rings. The average molecular weight is 400 g/mol. The Bertz CT molecular complexity index is 897. The van der Waals surface area contributed by atoms with E-state index in [1.54, 1.807) is 24.4 Å². The Morgan fingerprint density at radius 1 is 1.29 bits per heavy atom. The highest BCUT2D eigenvalue weighted by atomic mass is 35.5. The fourth-order valence-corrected chi connectivity index (χ4v) is 2.98. The summed E-state index contributed by atoms with van der Waals surface area (Å²) in [6, 6.07) is 9.97. The lowest BCUT2D eigenvalue weighted by molar-refractivity contribution is -0.144. The third-order valence-electron chi connectivity index (χ3n) is 4.19. The van der Waals surface area contributed by atoms with Crippen LogP contribution in [-0.4, -0.2) is 35.2 Å². The number of rotatable bonds is 6. The Labute approximate surface area is 169 Å². The second kappa shape index (κ2) is 8.97. The Hall–Kier alpha value is -2.73. The average Bonchev–Trinajstić information content (AvgIpc) is 2.81. The molecule has 0 saturated carbocycles. The molecule has 1 aliphatic heterocycles. The molecular formula is C21H22ClN3O3. The molecule has 0 spiro atoms. The SMILES string of the molecule is CC(C)COC(=O)CC[C@@H]1N=C(c2ccccn2)c2cc(Cl)ccc2NC1=O. The summed E-state index contributed by atoms with van der Waals surface area (Å²) in [4.78, 5) is 33.7. The van der Waals surface area contributed by atoms with Gasteiger partial charge in [0.15, 0.2) is 0 Å². The molecule has 7 heteroatoms. The van der Waals surface area contributed by atoms with Crippen molar-refractivity contribution in [1.29, 1.82) is 0 Å². The summed E-state index contributed by atoms with van der Waals surface area (Å²) in [6.45, 7) is 4.30. The van der Waals surface area contributed by atoms with Crippen molar-refractivity contribution in [2.75, 3.05) is 11.9 Å². The number of anilines is 1. The van der Waals surface area contributed by atoms with Crippen LogP contribution >= 0.6 is 11.6 Å². The van der Waals surface area contributed by atoms with Crippen molar-refractivity contribution < 1.29 is 14.3 Å². The minimum absolute atomic E-state index is 0.112. The third-order valence-corrected chi connectivity index (χ3v) is 4.42. The molecule has 0 radical (unpaired) electrons. The van der Waals surface area contributed by atoms with Crippen LogP contribution in [0.15, 0.2) is 47.6 Å². The monoisotopic (exact) mass is 399 g/mol. The van der Waals surface area contributed by atoms with Crippen molar-refractivity contribution in [3.8, 4) is 0 Å². The van der Waals surface area contributed by atoms with Crippen LogP contribution in [0.1, 0.15) is 37.9 Å². The van der Waals surface area contributed by atoms with Crippen LogP contribution in [0.25, 0.3) is 0 Å². The summed E-state index contributed by atoms with van der Waals surface area (Å²) in [7, 11) is 0. The minimum atomic E-state index is -0.727. The van der Waals surface area contributed by atoms with Gasteiger partial charge in [0.25, 0.3) is 0 Å². The number of nitrogens with zero attached hydrogens (tertiary/aromatic N) is 2. The van der Waals surface area contributed by atoms with Gasteiger partial charge in [-0.1, -0.05) is 31.5 Å². The number of aromatic nitrogens is 1. The van der Waals surface area contributed by atoms with Gasteiger partial charge >= 0.3 is 5.97 Å². The molecular weight excluding hydrogens is 378 g/mol. The first-order chi connectivity index (χ1) is 13.4. The maximum Gasteiger partial charge on any atom is 0.305 e. The molecule has 6 nitrogen and oxygen atoms in total. The van der Waals surface area contributed by atoms with E-state index in [1.165, 1.54) is 0 Å². The van der Waals surface area contributed by atoms with Gasteiger partial charge in [-0.05, 0) is 42.7 Å². The summed E-state index contributed by atoms with van der Waals surface area (Å²) < 4.78 is 5.20. The molecule has 1 N–H and O–H groups in total. The molecule has 146 valence electrons. The second-order valence-electron chi connectivity index (χ2n) is 7.00. The van der Waals surface area contributed by atoms with E-state index in [0.717, 1.165) is 0 Å². The Morgan fingerprint density at radius 2 is 2.11 bits per heavy atom. The van der Waals surface area contributed by atoms with Crippen molar-refractivity contribution in [1.82, 2.24) is 4.98 Å². The van der Waals surface area contributed by atoms with Crippen LogP contribution in [0.4, 0.5) is 5.69 Å². The zero-order valence-corrected chi connectivity index (χ0v) is 16.6. The number of benzene rings is 1. The molecule has 1 amide bonds. The minimum Gasteiger partial charge on any atom is -0.465 e. The van der Waals surface area contributed by atoms with Crippen LogP contribution in [0.5, 0.6) is 0 Å². The van der Waals surface area contributed by atoms with Crippen molar-refractivity contribution in [3.05, 3.63) is 58.9 Å². The number of halogens is 1. The number of nitrogens with one attached hydrogen (secondary N) is 1. The van der Waals surface area contributed by atoms with Gasteiger partial charge in [0.05, 0.1) is 23.7 Å². The Balaban J connectivity index is 1.89. The quantitative estimate of drug-likeness (QED) is 0.747. The second-order valence-corrected chi connectivity index (χ2v) is 7.44. The molecule has 0 aliphatic carbocycles. The van der Waals surface area contributed by atoms with E-state index in [2.05, 4.69) is 15.3 Å². The number of hydrogen-bond acceptors (Lipinski definition) is 5. The summed E-state index contributed by atoms with van der Waals surface area (Å²) in [5.74, 6) is -0.342. The van der Waals surface area contributed by atoms with E-state index in [0.29, 0.717) is 34.3 Å². The van der Waals surface area contributed by atoms with E-state index in [9.17, 15) is 9.59 Å². The highest BCUT2D eigenvalue weighted by Gasteiger charge is 2.27. The molecule has 0 unspecified atom stereocenters. The molecule has 28 heavy (non-hydrogen) atoms. The fraction of sp³-hybridized carbons (Fsp3) is 0.333. The van der Waals surface area contributed by atoms with Gasteiger partial charge in [-0.25, -0.2) is 0 Å². The lowest BCUT2D eigenvalue weighted by Crippen LogP contribution is -2.26. The summed E-state index contributed by atoms with van der Waals surface area (Å²) in [5, 5.41) is 3.42. The van der Waals surface area contributed by atoms with Crippen molar-refractivity contribution in [2.24, 2.45) is 10.9 Å². The van der Waals surface area contributed by atoms with Crippen molar-refractivity contribution >= 4 is 34.9 Å². The standard InChI is InChI=1S/C21H22ClN3O3/c1-13(2)12-28-19(26)9-8-18-21(27)25-16-7-6-14(22)11-15(16)20(24-18)17-5-3-4-10-23-17/h3-7,10-11,13,18H,8-9,12H2,1-2H3,(H,25,27)/t18-/m0/s1. The Kier molecular flexibility index (Phi) is 6.41. The summed E-state index contributed by atoms with van der Waals surface area (Å²) in [5.41, 5.74) is 2.51. The first-order valence-electron chi connectivity index (χ1n) is 9.19. The molecule has 3 rings (SSSR count). The normalized spacial score (nSPS) is 16.1. The van der Waals surface area contributed by atoms with E-state index >= 15 is 0 Å². The van der Waals surface area contributed by atoms with Gasteiger partial charge < -0.3 is 10.1 Å². The lowest BCUT2D eigenvalue weighted by atomic mass is 10.0. The number of amides is 1. The van der Waals surface area contributed by atoms with Crippen LogP contribution in [0.3, 0.4) is 0 Å². The largest absolute Gasteiger partial charge is 0.465 e. The molecule has 0 bridgehead atoms. The number of esters is 1. The Morgan fingerprint density at radius 3 is 2.82 bits per heavy atom. The highest BCUT2D eigenvalue weighted by molar-refractivity contribution is 6.31. The zero-order chi connectivity index (χ0) is 20.1. The first-order valence-corrected chi connectivity index (χ1v) is 9.57. The third kappa shape index (κ3) is 4.95. The highest BCUT2D eigenvalue weighted by Crippen LogP contribution is 2.27. The van der Waals surface area contributed by atoms with E-state index in [-0.39, 0.29) is 30.6 Å². The lowest BCUT2D eigenvalue weighted by Gasteiger charge is -2.11. The number of aliphatic imine (C=N–C) groups is 1. The number of hydrogen-bond donors (Lipinski definition) is 1. The number of benzodiazepines with no additional fused rings is 1. The van der Waals surface area contributed by atoms with Gasteiger partial charge in [0, 0.05) is 23.2 Å². The molecule has 1 aliphatic rings. The predicted octanol–water partition coefficient (Wildman–Crippen LogP) is 3.87. The van der Waals surface area contributed by atoms with E-state index in [1.807, 2.05) is 32.0 Å². The van der Waals surface area contributed by atoms with Crippen LogP contribution in [-0.2, 0) is 14.3 Å². The number of pyridine rings is 1. The molecule has 2 aromatic rings. The topological polar surface area (TPSA) is 80.7 Å². The van der Waals surface area contributed by atoms with Crippen LogP contribution in [0, 0.1) is 5.92 Å². The molecule has 1 atom stereocenters. The predicted molar refractivity (Wildman–Crippen MR) is 109 cm³/mol. The van der Waals surface area contributed by atoms with E-state index in [4.69, 9.17) is 16.3 Å². The van der Waals surface area contributed by atoms with Gasteiger partial charge in [0.2, 0.25) is 5.91 Å². The smallest absolute Gasteiger partial charge is 0.305 e. The van der Waals surface area contributed by atoms with Crippen molar-refractivity contribution in [3.63, 3.8) is 0 Å². The summed E-state index contributed by atoms with van der Waals surface area (Å²) in [6.07, 6.45) is 2.03. The molecule has 2 heterocycles. The van der Waals surface area contributed by atoms with Gasteiger partial charge in [0.1, 0.15) is 6.04 Å². The fourth-order valence-electron chi connectivity index (χ4n) is 2.81. The number of carbonyl (C=O) groups excluding carboxylic acids is 2. The van der Waals surface area contributed by atoms with Gasteiger partial charge in [-0.15, -0.1) is 0 Å². The molecule has 1 aromatic heterocycles. The van der Waals surface area contributed by atoms with Crippen LogP contribution in [0.2, 0.25) is 5.02 Å². The summed E-state index contributed by atoms with van der Waals surface area (Å²) >= 11 is 6.17. The number of carbonyl (C=O) groups is 2. The first kappa shape index (κ1) is 20.0. The van der Waals surface area contributed by atoms with Gasteiger partial charge in [-0.3, -0.25) is 19.6 Å². The van der Waals surface area contributed by atoms with Crippen molar-refractivity contribution in [2.45, 2.75) is 32.7 Å². The maximum absolute atomic E-state index is 12.7. The number of ether oxygens (including phenoxy) is 1. The van der Waals surface area contributed by atoms with Crippen LogP contribution < -0.4 is 5.32 Å². The zero-order valence-electron chi connectivity index (χ0n) is 15.8. The van der Waals surface area contributed by atoms with Gasteiger partial charge in [-0.2, -0.15) is 0 Å². The molecule has 0 saturated heterocycles. The number of fused-ring (bicyclic) bond motifs is 1. The van der Waals surface area contributed by atoms with E-state index < -0.39 is 6.04 Å². The molecule has 1 aromatic carbocycles. The maximum atomic E-state index is 12.7.